The molecular weight excluding hydrogens is 198 g/mol. The number of likely N-dealkylation sites (N-methyl/N-ethyl adjacent to an activating group) is 1. The average molecular weight is 216 g/mol. The van der Waals surface area contributed by atoms with E-state index in [-0.39, 0.29) is 0 Å². The van der Waals surface area contributed by atoms with Crippen molar-refractivity contribution >= 4 is 11.6 Å². The van der Waals surface area contributed by atoms with E-state index in [1.807, 2.05) is 24.8 Å². The van der Waals surface area contributed by atoms with E-state index in [0.717, 1.165) is 36.8 Å². The monoisotopic (exact) mass is 215 g/mol. The fourth-order valence-electron chi connectivity index (χ4n) is 1.27. The molecule has 1 aromatic heterocycles. The zero-order valence-electron chi connectivity index (χ0n) is 9.13. The minimum atomic E-state index is 0.746. The summed E-state index contributed by atoms with van der Waals surface area (Å²) in [5, 5.41) is 5.18. The maximum absolute atomic E-state index is 6.05. The lowest BCUT2D eigenvalue weighted by Gasteiger charge is -2.09. The van der Waals surface area contributed by atoms with E-state index < -0.39 is 0 Å². The molecule has 80 valence electrons. The van der Waals surface area contributed by atoms with Gasteiger partial charge in [-0.1, -0.05) is 24.9 Å². The third-order valence-electron chi connectivity index (χ3n) is 2.05. The van der Waals surface area contributed by atoms with Gasteiger partial charge < -0.3 is 4.90 Å². The fraction of sp³-hybridized carbons (Fsp3) is 0.700. The zero-order valence-corrected chi connectivity index (χ0v) is 9.88. The second-order valence-corrected chi connectivity index (χ2v) is 4.12. The molecule has 0 fully saturated rings. The molecule has 1 heterocycles. The van der Waals surface area contributed by atoms with E-state index in [9.17, 15) is 0 Å². The van der Waals surface area contributed by atoms with Gasteiger partial charge in [-0.2, -0.15) is 5.10 Å². The number of hydrogen-bond donors (Lipinski definition) is 0. The molecule has 0 radical (unpaired) electrons. The molecule has 0 bridgehead atoms. The fourth-order valence-corrected chi connectivity index (χ4v) is 1.52. The van der Waals surface area contributed by atoms with Crippen molar-refractivity contribution in [2.24, 2.45) is 0 Å². The predicted octanol–water partition coefficient (Wildman–Crippen LogP) is 2.05. The molecule has 0 saturated heterocycles. The summed E-state index contributed by atoms with van der Waals surface area (Å²) in [4.78, 5) is 2.12. The van der Waals surface area contributed by atoms with Crippen LogP contribution in [0.5, 0.6) is 0 Å². The zero-order chi connectivity index (χ0) is 10.6. The summed E-state index contributed by atoms with van der Waals surface area (Å²) in [5.74, 6) is 0. The molecule has 14 heavy (non-hydrogen) atoms. The maximum Gasteiger partial charge on any atom is 0.127 e. The Morgan fingerprint density at radius 2 is 2.21 bits per heavy atom. The summed E-state index contributed by atoms with van der Waals surface area (Å²) in [6.45, 7) is 3.97. The Balaban J connectivity index is 2.58. The predicted molar refractivity (Wildman–Crippen MR) is 59.8 cm³/mol. The van der Waals surface area contributed by atoms with Crippen LogP contribution in [0.3, 0.4) is 0 Å². The molecule has 4 heteroatoms. The molecule has 0 spiro atoms. The maximum atomic E-state index is 6.05. The molecular formula is C10H18ClN3. The van der Waals surface area contributed by atoms with Gasteiger partial charge in [-0.15, -0.1) is 0 Å². The summed E-state index contributed by atoms with van der Waals surface area (Å²) >= 11 is 6.05. The third-order valence-corrected chi connectivity index (χ3v) is 2.35. The van der Waals surface area contributed by atoms with Gasteiger partial charge in [0.05, 0.1) is 12.2 Å². The van der Waals surface area contributed by atoms with Crippen LogP contribution in [0.1, 0.15) is 19.0 Å². The van der Waals surface area contributed by atoms with Crippen LogP contribution in [0, 0.1) is 0 Å². The molecule has 0 amide bonds. The lowest BCUT2D eigenvalue weighted by atomic mass is 10.3. The molecule has 3 nitrogen and oxygen atoms in total. The van der Waals surface area contributed by atoms with Crippen LogP contribution >= 0.6 is 11.6 Å². The number of hydrogen-bond acceptors (Lipinski definition) is 2. The molecule has 0 unspecified atom stereocenters. The Morgan fingerprint density at radius 1 is 1.50 bits per heavy atom. The van der Waals surface area contributed by atoms with Crippen molar-refractivity contribution in [3.8, 4) is 0 Å². The summed E-state index contributed by atoms with van der Waals surface area (Å²) in [7, 11) is 4.09. The van der Waals surface area contributed by atoms with Crippen molar-refractivity contribution in [1.29, 1.82) is 0 Å². The molecule has 1 rings (SSSR count). The lowest BCUT2D eigenvalue weighted by molar-refractivity contribution is 0.372. The van der Waals surface area contributed by atoms with E-state index in [4.69, 9.17) is 11.6 Å². The smallest absolute Gasteiger partial charge is 0.127 e. The minimum Gasteiger partial charge on any atom is -0.308 e. The van der Waals surface area contributed by atoms with Gasteiger partial charge in [0.15, 0.2) is 0 Å². The third kappa shape index (κ3) is 3.31. The Bertz CT molecular complexity index is 281. The van der Waals surface area contributed by atoms with Crippen LogP contribution < -0.4 is 0 Å². The molecule has 0 aliphatic heterocycles. The molecule has 0 aliphatic rings. The quantitative estimate of drug-likeness (QED) is 0.750. The van der Waals surface area contributed by atoms with Crippen LogP contribution in [0.2, 0.25) is 5.15 Å². The molecule has 1 aromatic rings. The average Bonchev–Trinajstić information content (AvgIpc) is 2.44. The molecule has 0 N–H and O–H groups in total. The van der Waals surface area contributed by atoms with Gasteiger partial charge in [-0.25, -0.2) is 0 Å². The number of rotatable bonds is 5. The van der Waals surface area contributed by atoms with Crippen LogP contribution in [-0.4, -0.2) is 35.3 Å². The first-order valence-corrected chi connectivity index (χ1v) is 5.38. The molecule has 0 aliphatic carbocycles. The van der Waals surface area contributed by atoms with Crippen LogP contribution in [0.25, 0.3) is 0 Å². The van der Waals surface area contributed by atoms with E-state index in [1.165, 1.54) is 0 Å². The van der Waals surface area contributed by atoms with E-state index in [0.29, 0.717) is 0 Å². The van der Waals surface area contributed by atoms with E-state index >= 15 is 0 Å². The van der Waals surface area contributed by atoms with Crippen molar-refractivity contribution < 1.29 is 0 Å². The molecule has 0 atom stereocenters. The number of halogens is 1. The van der Waals surface area contributed by atoms with Crippen molar-refractivity contribution in [3.05, 3.63) is 16.9 Å². The Morgan fingerprint density at radius 3 is 2.79 bits per heavy atom. The van der Waals surface area contributed by atoms with Crippen molar-refractivity contribution in [3.63, 3.8) is 0 Å². The summed E-state index contributed by atoms with van der Waals surface area (Å²) in [6.07, 6.45) is 2.12. The van der Waals surface area contributed by atoms with Gasteiger partial charge in [0.2, 0.25) is 0 Å². The highest BCUT2D eigenvalue weighted by atomic mass is 35.5. The first kappa shape index (κ1) is 11.5. The van der Waals surface area contributed by atoms with Gasteiger partial charge in [-0.3, -0.25) is 4.68 Å². The normalized spacial score (nSPS) is 11.2. The second kappa shape index (κ2) is 5.37. The molecule has 0 saturated carbocycles. The van der Waals surface area contributed by atoms with Crippen LogP contribution in [-0.2, 0) is 13.0 Å². The number of nitrogens with zero attached hydrogens (tertiary/aromatic N) is 3. The summed E-state index contributed by atoms with van der Waals surface area (Å²) in [6, 6.07) is 1.96. The first-order chi connectivity index (χ1) is 6.63. The van der Waals surface area contributed by atoms with Gasteiger partial charge in [0, 0.05) is 6.54 Å². The number of aromatic nitrogens is 2. The van der Waals surface area contributed by atoms with Crippen molar-refractivity contribution in [2.45, 2.75) is 26.3 Å². The first-order valence-electron chi connectivity index (χ1n) is 5.00. The lowest BCUT2D eigenvalue weighted by Crippen LogP contribution is -2.19. The van der Waals surface area contributed by atoms with Crippen molar-refractivity contribution in [1.82, 2.24) is 14.7 Å². The van der Waals surface area contributed by atoms with Crippen molar-refractivity contribution in [2.75, 3.05) is 20.6 Å². The van der Waals surface area contributed by atoms with Crippen LogP contribution in [0.4, 0.5) is 0 Å². The molecule has 0 aromatic carbocycles. The largest absolute Gasteiger partial charge is 0.308 e. The number of aryl methyl sites for hydroxylation is 1. The highest BCUT2D eigenvalue weighted by molar-refractivity contribution is 6.29. The SMILES string of the molecule is CCCc1cc(Cl)n(CCN(C)C)n1. The highest BCUT2D eigenvalue weighted by Crippen LogP contribution is 2.12. The highest BCUT2D eigenvalue weighted by Gasteiger charge is 2.04. The Hall–Kier alpha value is -0.540. The summed E-state index contributed by atoms with van der Waals surface area (Å²) in [5.41, 5.74) is 1.09. The van der Waals surface area contributed by atoms with Gasteiger partial charge >= 0.3 is 0 Å². The second-order valence-electron chi connectivity index (χ2n) is 3.73. The van der Waals surface area contributed by atoms with E-state index in [2.05, 4.69) is 16.9 Å². The summed E-state index contributed by atoms with van der Waals surface area (Å²) < 4.78 is 1.87. The van der Waals surface area contributed by atoms with E-state index in [1.54, 1.807) is 0 Å². The van der Waals surface area contributed by atoms with Gasteiger partial charge in [0.1, 0.15) is 5.15 Å². The minimum absolute atomic E-state index is 0.746. The standard InChI is InChI=1S/C10H18ClN3/c1-4-5-9-8-10(11)14(12-9)7-6-13(2)3/h8H,4-7H2,1-3H3. The van der Waals surface area contributed by atoms with Gasteiger partial charge in [-0.05, 0) is 26.6 Å². The Labute approximate surface area is 90.7 Å². The topological polar surface area (TPSA) is 21.1 Å². The Kier molecular flexibility index (Phi) is 4.42. The van der Waals surface area contributed by atoms with Gasteiger partial charge in [0.25, 0.3) is 0 Å². The van der Waals surface area contributed by atoms with Crippen LogP contribution in [0.15, 0.2) is 6.07 Å².